The van der Waals surface area contributed by atoms with Crippen LogP contribution < -0.4 is 9.47 Å². The fraction of sp³-hybridized carbons (Fsp3) is 0.125. The molecule has 98 valence electrons. The lowest BCUT2D eigenvalue weighted by atomic mass is 10.1. The molecule has 0 aliphatic heterocycles. The van der Waals surface area contributed by atoms with Crippen molar-refractivity contribution in [2.75, 3.05) is 6.61 Å². The third-order valence-corrected chi connectivity index (χ3v) is 2.61. The highest BCUT2D eigenvalue weighted by Gasteiger charge is 2.14. The molecule has 1 unspecified atom stereocenters. The zero-order valence-corrected chi connectivity index (χ0v) is 10.7. The van der Waals surface area contributed by atoms with Gasteiger partial charge in [-0.3, -0.25) is 0 Å². The summed E-state index contributed by atoms with van der Waals surface area (Å²) >= 11 is 0. The van der Waals surface area contributed by atoms with Crippen LogP contribution in [0.5, 0.6) is 11.5 Å². The molecule has 0 heterocycles. The van der Waals surface area contributed by atoms with Gasteiger partial charge in [0.15, 0.2) is 18.1 Å². The van der Waals surface area contributed by atoms with E-state index in [0.717, 1.165) is 5.56 Å². The number of para-hydroxylation sites is 2. The Bertz CT molecular complexity index is 642. The Morgan fingerprint density at radius 2 is 1.55 bits per heavy atom. The summed E-state index contributed by atoms with van der Waals surface area (Å²) in [5.74, 6) is 0.892. The molecule has 4 nitrogen and oxygen atoms in total. The number of nitrogens with zero attached hydrogens (tertiary/aromatic N) is 2. The molecule has 0 radical (unpaired) electrons. The first-order valence-electron chi connectivity index (χ1n) is 6.05. The van der Waals surface area contributed by atoms with Crippen LogP contribution in [0.15, 0.2) is 54.6 Å². The number of nitriles is 2. The van der Waals surface area contributed by atoms with Gasteiger partial charge in [-0.15, -0.1) is 0 Å². The third-order valence-electron chi connectivity index (χ3n) is 2.61. The van der Waals surface area contributed by atoms with Gasteiger partial charge in [0, 0.05) is 5.56 Å². The van der Waals surface area contributed by atoms with E-state index in [1.807, 2.05) is 36.4 Å². The van der Waals surface area contributed by atoms with Crippen LogP contribution in [0.1, 0.15) is 11.7 Å². The van der Waals surface area contributed by atoms with E-state index >= 15 is 0 Å². The molecule has 0 saturated carbocycles. The largest absolute Gasteiger partial charge is 0.475 e. The Labute approximate surface area is 117 Å². The van der Waals surface area contributed by atoms with Crippen molar-refractivity contribution < 1.29 is 9.47 Å². The summed E-state index contributed by atoms with van der Waals surface area (Å²) < 4.78 is 11.0. The Morgan fingerprint density at radius 3 is 2.20 bits per heavy atom. The second-order valence-corrected chi connectivity index (χ2v) is 3.93. The lowest BCUT2D eigenvalue weighted by Gasteiger charge is -2.15. The second-order valence-electron chi connectivity index (χ2n) is 3.93. The van der Waals surface area contributed by atoms with Gasteiger partial charge in [-0.05, 0) is 12.1 Å². The van der Waals surface area contributed by atoms with Crippen LogP contribution in [0.4, 0.5) is 0 Å². The zero-order valence-electron chi connectivity index (χ0n) is 10.7. The predicted octanol–water partition coefficient (Wildman–Crippen LogP) is 3.23. The normalized spacial score (nSPS) is 10.9. The van der Waals surface area contributed by atoms with Gasteiger partial charge in [0.05, 0.1) is 0 Å². The van der Waals surface area contributed by atoms with Crippen LogP contribution in [-0.4, -0.2) is 6.61 Å². The fourth-order valence-electron chi connectivity index (χ4n) is 1.70. The summed E-state index contributed by atoms with van der Waals surface area (Å²) in [5, 5.41) is 17.8. The molecule has 0 N–H and O–H groups in total. The van der Waals surface area contributed by atoms with E-state index < -0.39 is 6.10 Å². The minimum absolute atomic E-state index is 0.0665. The molecule has 0 aromatic heterocycles. The Kier molecular flexibility index (Phi) is 4.59. The lowest BCUT2D eigenvalue weighted by Crippen LogP contribution is -2.06. The number of ether oxygens (including phenoxy) is 2. The van der Waals surface area contributed by atoms with Gasteiger partial charge in [-0.25, -0.2) is 0 Å². The molecular weight excluding hydrogens is 252 g/mol. The van der Waals surface area contributed by atoms with Gasteiger partial charge < -0.3 is 9.47 Å². The maximum absolute atomic E-state index is 9.24. The summed E-state index contributed by atoms with van der Waals surface area (Å²) in [6.45, 7) is -0.0665. The minimum Gasteiger partial charge on any atom is -0.475 e. The molecule has 2 aromatic rings. The monoisotopic (exact) mass is 264 g/mol. The van der Waals surface area contributed by atoms with Gasteiger partial charge in [0.2, 0.25) is 6.10 Å². The topological polar surface area (TPSA) is 66.0 Å². The van der Waals surface area contributed by atoms with E-state index in [0.29, 0.717) is 11.5 Å². The van der Waals surface area contributed by atoms with E-state index in [2.05, 4.69) is 6.07 Å². The Balaban J connectivity index is 2.21. The van der Waals surface area contributed by atoms with Crippen LogP contribution in [-0.2, 0) is 0 Å². The van der Waals surface area contributed by atoms with Crippen molar-refractivity contribution in [1.82, 2.24) is 0 Å². The van der Waals surface area contributed by atoms with Gasteiger partial charge in [0.25, 0.3) is 0 Å². The van der Waals surface area contributed by atoms with Crippen LogP contribution >= 0.6 is 0 Å². The van der Waals surface area contributed by atoms with E-state index in [4.69, 9.17) is 14.7 Å². The summed E-state index contributed by atoms with van der Waals surface area (Å²) in [6, 6.07) is 20.2. The first kappa shape index (κ1) is 13.5. The molecule has 0 aliphatic carbocycles. The molecule has 0 bridgehead atoms. The highest BCUT2D eigenvalue weighted by Crippen LogP contribution is 2.30. The number of hydrogen-bond donors (Lipinski definition) is 0. The van der Waals surface area contributed by atoms with E-state index in [1.54, 1.807) is 24.3 Å². The van der Waals surface area contributed by atoms with Gasteiger partial charge in [-0.1, -0.05) is 42.5 Å². The summed E-state index contributed by atoms with van der Waals surface area (Å²) in [5.41, 5.74) is 0.769. The summed E-state index contributed by atoms with van der Waals surface area (Å²) in [4.78, 5) is 0. The van der Waals surface area contributed by atoms with Gasteiger partial charge in [-0.2, -0.15) is 10.5 Å². The highest BCUT2D eigenvalue weighted by atomic mass is 16.5. The standard InChI is InChI=1S/C16H12N2O2/c17-10-11-19-14-8-4-5-9-15(14)20-16(12-18)13-6-2-1-3-7-13/h1-9,16H,11H2. The smallest absolute Gasteiger partial charge is 0.209 e. The van der Waals surface area contributed by atoms with Crippen LogP contribution in [0.2, 0.25) is 0 Å². The van der Waals surface area contributed by atoms with Gasteiger partial charge >= 0.3 is 0 Å². The minimum atomic E-state index is -0.719. The maximum atomic E-state index is 9.24. The van der Waals surface area contributed by atoms with E-state index in [-0.39, 0.29) is 6.61 Å². The molecule has 1 atom stereocenters. The van der Waals surface area contributed by atoms with Crippen LogP contribution in [0, 0.1) is 22.7 Å². The van der Waals surface area contributed by atoms with E-state index in [1.165, 1.54) is 0 Å². The molecule has 0 amide bonds. The molecule has 2 rings (SSSR count). The summed E-state index contributed by atoms with van der Waals surface area (Å²) in [7, 11) is 0. The zero-order chi connectivity index (χ0) is 14.2. The third kappa shape index (κ3) is 3.28. The number of hydrogen-bond acceptors (Lipinski definition) is 4. The average molecular weight is 264 g/mol. The van der Waals surface area contributed by atoms with Crippen molar-refractivity contribution >= 4 is 0 Å². The molecule has 0 spiro atoms. The highest BCUT2D eigenvalue weighted by molar-refractivity contribution is 5.40. The Morgan fingerprint density at radius 1 is 0.900 bits per heavy atom. The van der Waals surface area contributed by atoms with Gasteiger partial charge in [0.1, 0.15) is 12.1 Å². The SMILES string of the molecule is N#CCOc1ccccc1OC(C#N)c1ccccc1. The number of benzene rings is 2. The molecule has 2 aromatic carbocycles. The molecule has 0 saturated heterocycles. The van der Waals surface area contributed by atoms with Crippen molar-refractivity contribution in [3.8, 4) is 23.6 Å². The van der Waals surface area contributed by atoms with Crippen molar-refractivity contribution in [3.05, 3.63) is 60.2 Å². The average Bonchev–Trinajstić information content (AvgIpc) is 2.52. The summed E-state index contributed by atoms with van der Waals surface area (Å²) in [6.07, 6.45) is -0.719. The van der Waals surface area contributed by atoms with Crippen molar-refractivity contribution in [2.45, 2.75) is 6.10 Å². The molecule has 4 heteroatoms. The molecule has 0 aliphatic rings. The van der Waals surface area contributed by atoms with Crippen molar-refractivity contribution in [3.63, 3.8) is 0 Å². The second kappa shape index (κ2) is 6.82. The first-order valence-corrected chi connectivity index (χ1v) is 6.05. The van der Waals surface area contributed by atoms with Crippen molar-refractivity contribution in [2.24, 2.45) is 0 Å². The van der Waals surface area contributed by atoms with Crippen molar-refractivity contribution in [1.29, 1.82) is 10.5 Å². The van der Waals surface area contributed by atoms with Crippen LogP contribution in [0.25, 0.3) is 0 Å². The molecule has 20 heavy (non-hydrogen) atoms. The molecular formula is C16H12N2O2. The van der Waals surface area contributed by atoms with Crippen LogP contribution in [0.3, 0.4) is 0 Å². The number of rotatable bonds is 5. The quantitative estimate of drug-likeness (QED) is 0.831. The first-order chi connectivity index (χ1) is 9.85. The fourth-order valence-corrected chi connectivity index (χ4v) is 1.70. The maximum Gasteiger partial charge on any atom is 0.209 e. The Hall–Kier alpha value is -2.98. The predicted molar refractivity (Wildman–Crippen MR) is 73.0 cm³/mol. The molecule has 0 fully saturated rings. The lowest BCUT2D eigenvalue weighted by molar-refractivity contribution is 0.243. The van der Waals surface area contributed by atoms with E-state index in [9.17, 15) is 5.26 Å².